The van der Waals surface area contributed by atoms with Gasteiger partial charge in [-0.15, -0.1) is 22.7 Å². The van der Waals surface area contributed by atoms with Crippen molar-refractivity contribution in [1.82, 2.24) is 20.2 Å². The van der Waals surface area contributed by atoms with Crippen LogP contribution in [0.2, 0.25) is 0 Å². The second-order valence-electron chi connectivity index (χ2n) is 7.90. The summed E-state index contributed by atoms with van der Waals surface area (Å²) in [5.41, 5.74) is 4.57. The number of hydrogen-bond acceptors (Lipinski definition) is 6. The Morgan fingerprint density at radius 1 is 1.07 bits per heavy atom. The Balaban J connectivity index is 1.18. The molecule has 1 amide bonds. The maximum atomic E-state index is 12.6. The molecule has 0 saturated carbocycles. The molecule has 3 aromatic rings. The standard InChI is InChI=1S/C23H28N4OS2/c1-16-25-21(14-29-16)13-27-11-8-20(9-12-27)23(28)24-10-7-18-3-5-19(6-4-18)22-15-30-17(2)26-22/h3-6,14-15,20H,7-13H2,1-2H3,(H,24,28). The van der Waals surface area contributed by atoms with Gasteiger partial charge in [-0.05, 0) is 51.8 Å². The molecule has 1 aromatic carbocycles. The molecule has 7 heteroatoms. The monoisotopic (exact) mass is 440 g/mol. The summed E-state index contributed by atoms with van der Waals surface area (Å²) < 4.78 is 0. The topological polar surface area (TPSA) is 58.1 Å². The molecular weight excluding hydrogens is 412 g/mol. The lowest BCUT2D eigenvalue weighted by Crippen LogP contribution is -2.40. The quantitative estimate of drug-likeness (QED) is 0.590. The molecule has 5 nitrogen and oxygen atoms in total. The summed E-state index contributed by atoms with van der Waals surface area (Å²) in [5.74, 6) is 0.336. The lowest BCUT2D eigenvalue weighted by atomic mass is 9.95. The van der Waals surface area contributed by atoms with Gasteiger partial charge in [0.15, 0.2) is 0 Å². The molecule has 0 bridgehead atoms. The van der Waals surface area contributed by atoms with Gasteiger partial charge in [-0.2, -0.15) is 0 Å². The molecule has 1 aliphatic rings. The van der Waals surface area contributed by atoms with Crippen molar-refractivity contribution in [3.05, 3.63) is 56.3 Å². The summed E-state index contributed by atoms with van der Waals surface area (Å²) in [6.07, 6.45) is 2.71. The van der Waals surface area contributed by atoms with E-state index < -0.39 is 0 Å². The van der Waals surface area contributed by atoms with Gasteiger partial charge in [0.1, 0.15) is 0 Å². The zero-order valence-electron chi connectivity index (χ0n) is 17.6. The van der Waals surface area contributed by atoms with E-state index in [-0.39, 0.29) is 11.8 Å². The Kier molecular flexibility index (Phi) is 6.92. The largest absolute Gasteiger partial charge is 0.356 e. The maximum absolute atomic E-state index is 12.6. The van der Waals surface area contributed by atoms with Crippen LogP contribution in [0.1, 0.15) is 34.1 Å². The van der Waals surface area contributed by atoms with Crippen molar-refractivity contribution in [1.29, 1.82) is 0 Å². The third kappa shape index (κ3) is 5.53. The highest BCUT2D eigenvalue weighted by Gasteiger charge is 2.25. The first-order valence-corrected chi connectivity index (χ1v) is 12.3. The van der Waals surface area contributed by atoms with Crippen LogP contribution in [0, 0.1) is 19.8 Å². The van der Waals surface area contributed by atoms with Gasteiger partial charge >= 0.3 is 0 Å². The van der Waals surface area contributed by atoms with E-state index in [1.165, 1.54) is 5.56 Å². The predicted octanol–water partition coefficient (Wildman–Crippen LogP) is 4.45. The van der Waals surface area contributed by atoms with E-state index in [1.54, 1.807) is 22.7 Å². The number of aromatic nitrogens is 2. The number of hydrogen-bond donors (Lipinski definition) is 1. The summed E-state index contributed by atoms with van der Waals surface area (Å²) >= 11 is 3.37. The van der Waals surface area contributed by atoms with Crippen molar-refractivity contribution in [2.75, 3.05) is 19.6 Å². The Hall–Kier alpha value is -2.09. The van der Waals surface area contributed by atoms with Gasteiger partial charge in [-0.3, -0.25) is 9.69 Å². The van der Waals surface area contributed by atoms with Crippen molar-refractivity contribution in [3.8, 4) is 11.3 Å². The van der Waals surface area contributed by atoms with Gasteiger partial charge in [-0.25, -0.2) is 9.97 Å². The van der Waals surface area contributed by atoms with E-state index in [9.17, 15) is 4.79 Å². The van der Waals surface area contributed by atoms with Crippen LogP contribution in [0.25, 0.3) is 11.3 Å². The predicted molar refractivity (Wildman–Crippen MR) is 124 cm³/mol. The Labute approximate surface area is 186 Å². The zero-order valence-corrected chi connectivity index (χ0v) is 19.2. The zero-order chi connectivity index (χ0) is 20.9. The number of aryl methyl sites for hydroxylation is 2. The van der Waals surface area contributed by atoms with Crippen LogP contribution in [-0.4, -0.2) is 40.4 Å². The number of nitrogens with one attached hydrogen (secondary N) is 1. The molecular formula is C23H28N4OS2. The van der Waals surface area contributed by atoms with E-state index in [0.717, 1.165) is 65.9 Å². The number of carbonyl (C=O) groups is 1. The van der Waals surface area contributed by atoms with Crippen LogP contribution in [0.3, 0.4) is 0 Å². The minimum Gasteiger partial charge on any atom is -0.356 e. The molecule has 2 aromatic heterocycles. The van der Waals surface area contributed by atoms with E-state index in [0.29, 0.717) is 6.54 Å². The van der Waals surface area contributed by atoms with Crippen molar-refractivity contribution < 1.29 is 4.79 Å². The highest BCUT2D eigenvalue weighted by Crippen LogP contribution is 2.22. The number of piperidine rings is 1. The SMILES string of the molecule is Cc1nc(CN2CCC(C(=O)NCCc3ccc(-c4csc(C)n4)cc3)CC2)cs1. The van der Waals surface area contributed by atoms with Crippen molar-refractivity contribution in [2.24, 2.45) is 5.92 Å². The Bertz CT molecular complexity index is 971. The van der Waals surface area contributed by atoms with Gasteiger partial charge in [0.2, 0.25) is 5.91 Å². The normalized spacial score (nSPS) is 15.4. The third-order valence-corrected chi connectivity index (χ3v) is 7.19. The molecule has 1 fully saturated rings. The van der Waals surface area contributed by atoms with Gasteiger partial charge < -0.3 is 5.32 Å². The van der Waals surface area contributed by atoms with Gasteiger partial charge in [0.05, 0.1) is 21.4 Å². The average Bonchev–Trinajstić information content (AvgIpc) is 3.37. The van der Waals surface area contributed by atoms with Gasteiger partial charge in [-0.1, -0.05) is 24.3 Å². The maximum Gasteiger partial charge on any atom is 0.223 e. The summed E-state index contributed by atoms with van der Waals surface area (Å²) in [5, 5.41) is 9.57. The molecule has 4 rings (SSSR count). The summed E-state index contributed by atoms with van der Waals surface area (Å²) in [7, 11) is 0. The number of benzene rings is 1. The molecule has 0 radical (unpaired) electrons. The number of amides is 1. The van der Waals surface area contributed by atoms with Crippen molar-refractivity contribution in [2.45, 2.75) is 39.7 Å². The highest BCUT2D eigenvalue weighted by molar-refractivity contribution is 7.10. The van der Waals surface area contributed by atoms with Crippen LogP contribution in [0.15, 0.2) is 35.0 Å². The molecule has 1 aliphatic heterocycles. The molecule has 0 atom stereocenters. The van der Waals surface area contributed by atoms with E-state index >= 15 is 0 Å². The Morgan fingerprint density at radius 3 is 2.40 bits per heavy atom. The molecule has 0 unspecified atom stereocenters. The first kappa shape index (κ1) is 21.2. The van der Waals surface area contributed by atoms with Crippen LogP contribution in [0.4, 0.5) is 0 Å². The second-order valence-corrected chi connectivity index (χ2v) is 10.0. The molecule has 158 valence electrons. The van der Waals surface area contributed by atoms with Crippen LogP contribution < -0.4 is 5.32 Å². The number of carbonyl (C=O) groups excluding carboxylic acids is 1. The molecule has 0 aliphatic carbocycles. The molecule has 3 heterocycles. The molecule has 0 spiro atoms. The summed E-state index contributed by atoms with van der Waals surface area (Å²) in [6.45, 7) is 7.58. The first-order valence-electron chi connectivity index (χ1n) is 10.5. The minimum atomic E-state index is 0.133. The highest BCUT2D eigenvalue weighted by atomic mass is 32.1. The van der Waals surface area contributed by atoms with Gasteiger partial charge in [0, 0.05) is 35.3 Å². The van der Waals surface area contributed by atoms with Crippen LogP contribution in [0.5, 0.6) is 0 Å². The van der Waals surface area contributed by atoms with Crippen molar-refractivity contribution in [3.63, 3.8) is 0 Å². The van der Waals surface area contributed by atoms with Crippen molar-refractivity contribution >= 4 is 28.6 Å². The fourth-order valence-corrected chi connectivity index (χ4v) is 5.10. The first-order chi connectivity index (χ1) is 14.6. The number of rotatable bonds is 7. The van der Waals surface area contributed by atoms with E-state index in [1.807, 2.05) is 13.8 Å². The van der Waals surface area contributed by atoms with Crippen LogP contribution in [-0.2, 0) is 17.8 Å². The number of nitrogens with zero attached hydrogens (tertiary/aromatic N) is 3. The molecule has 1 saturated heterocycles. The smallest absolute Gasteiger partial charge is 0.223 e. The van der Waals surface area contributed by atoms with Gasteiger partial charge in [0.25, 0.3) is 0 Å². The fraction of sp³-hybridized carbons (Fsp3) is 0.435. The third-order valence-electron chi connectivity index (χ3n) is 5.59. The number of likely N-dealkylation sites (tertiary alicyclic amines) is 1. The lowest BCUT2D eigenvalue weighted by Gasteiger charge is -2.30. The second kappa shape index (κ2) is 9.81. The van der Waals surface area contributed by atoms with E-state index in [2.05, 4.69) is 55.2 Å². The molecule has 30 heavy (non-hydrogen) atoms. The fourth-order valence-electron chi connectivity index (χ4n) is 3.88. The van der Waals surface area contributed by atoms with Crippen LogP contribution >= 0.6 is 22.7 Å². The summed E-state index contributed by atoms with van der Waals surface area (Å²) in [6, 6.07) is 8.50. The average molecular weight is 441 g/mol. The minimum absolute atomic E-state index is 0.133. The molecule has 1 N–H and O–H groups in total. The number of thiazole rings is 2. The summed E-state index contributed by atoms with van der Waals surface area (Å²) in [4.78, 5) is 24.0. The van der Waals surface area contributed by atoms with E-state index in [4.69, 9.17) is 0 Å². The lowest BCUT2D eigenvalue weighted by molar-refractivity contribution is -0.126. The Morgan fingerprint density at radius 2 is 1.77 bits per heavy atom.